The summed E-state index contributed by atoms with van der Waals surface area (Å²) in [4.78, 5) is 12.1. The van der Waals surface area contributed by atoms with E-state index in [1.807, 2.05) is 18.2 Å². The molecule has 0 radical (unpaired) electrons. The molecule has 3 rings (SSSR count). The van der Waals surface area contributed by atoms with Gasteiger partial charge in [-0.15, -0.1) is 0 Å². The van der Waals surface area contributed by atoms with Crippen molar-refractivity contribution in [2.75, 3.05) is 0 Å². The van der Waals surface area contributed by atoms with Gasteiger partial charge in [-0.05, 0) is 43.4 Å². The molecule has 2 fully saturated rings. The molecule has 0 heterocycles. The highest BCUT2D eigenvalue weighted by molar-refractivity contribution is 6.30. The predicted octanol–water partition coefficient (Wildman–Crippen LogP) is 3.64. The summed E-state index contributed by atoms with van der Waals surface area (Å²) in [7, 11) is 0. The second kappa shape index (κ2) is 4.58. The summed E-state index contributed by atoms with van der Waals surface area (Å²) in [6, 6.07) is 7.95. The molecule has 3 heteroatoms. The Bertz CT molecular complexity index is 461. The molecule has 0 bridgehead atoms. The lowest BCUT2D eigenvalue weighted by Gasteiger charge is -2.31. The first-order valence-corrected chi connectivity index (χ1v) is 7.15. The van der Waals surface area contributed by atoms with Crippen molar-refractivity contribution in [1.29, 1.82) is 0 Å². The smallest absolute Gasteiger partial charge is 0.223 e. The first-order chi connectivity index (χ1) is 8.70. The number of rotatable bonds is 3. The molecule has 1 aromatic carbocycles. The minimum atomic E-state index is -0.162. The molecule has 2 saturated carbocycles. The largest absolute Gasteiger partial charge is 0.346 e. The van der Waals surface area contributed by atoms with Crippen LogP contribution in [0.3, 0.4) is 0 Å². The normalized spacial score (nSPS) is 21.8. The van der Waals surface area contributed by atoms with Gasteiger partial charge in [0.05, 0.1) is 5.54 Å². The fourth-order valence-corrected chi connectivity index (χ4v) is 3.12. The van der Waals surface area contributed by atoms with E-state index in [0.29, 0.717) is 0 Å². The molecule has 0 aliphatic heterocycles. The van der Waals surface area contributed by atoms with Crippen LogP contribution < -0.4 is 5.32 Å². The first-order valence-electron chi connectivity index (χ1n) is 6.78. The Morgan fingerprint density at radius 3 is 2.61 bits per heavy atom. The Morgan fingerprint density at radius 1 is 1.28 bits per heavy atom. The van der Waals surface area contributed by atoms with Crippen LogP contribution in [0, 0.1) is 5.92 Å². The maximum Gasteiger partial charge on any atom is 0.223 e. The summed E-state index contributed by atoms with van der Waals surface area (Å²) in [6.07, 6.45) is 6.53. The van der Waals surface area contributed by atoms with Crippen LogP contribution in [0.25, 0.3) is 0 Å². The van der Waals surface area contributed by atoms with Gasteiger partial charge in [0, 0.05) is 10.9 Å². The highest BCUT2D eigenvalue weighted by Crippen LogP contribution is 2.41. The monoisotopic (exact) mass is 263 g/mol. The molecule has 0 atom stereocenters. The van der Waals surface area contributed by atoms with E-state index in [0.717, 1.165) is 30.7 Å². The van der Waals surface area contributed by atoms with Gasteiger partial charge >= 0.3 is 0 Å². The van der Waals surface area contributed by atoms with Crippen LogP contribution in [-0.2, 0) is 10.3 Å². The van der Waals surface area contributed by atoms with Gasteiger partial charge in [0.15, 0.2) is 0 Å². The van der Waals surface area contributed by atoms with Crippen LogP contribution in [0.1, 0.15) is 44.1 Å². The molecular formula is C15H18ClNO. The van der Waals surface area contributed by atoms with E-state index in [1.165, 1.54) is 18.4 Å². The standard InChI is InChI=1S/C15H18ClNO/c16-13-5-3-4-12(10-13)15(8-1-2-9-15)17-14(18)11-6-7-11/h3-5,10-11H,1-2,6-9H2,(H,17,18). The zero-order valence-electron chi connectivity index (χ0n) is 10.4. The number of amides is 1. The SMILES string of the molecule is O=C(NC1(c2cccc(Cl)c2)CCCC1)C1CC1. The summed E-state index contributed by atoms with van der Waals surface area (Å²) in [6.45, 7) is 0. The van der Waals surface area contributed by atoms with Crippen molar-refractivity contribution in [2.24, 2.45) is 5.92 Å². The molecule has 2 aliphatic carbocycles. The van der Waals surface area contributed by atoms with Crippen molar-refractivity contribution in [3.63, 3.8) is 0 Å². The third-order valence-corrected chi connectivity index (χ3v) is 4.38. The van der Waals surface area contributed by atoms with Gasteiger partial charge in [0.1, 0.15) is 0 Å². The van der Waals surface area contributed by atoms with Crippen LogP contribution in [0.5, 0.6) is 0 Å². The molecule has 1 amide bonds. The molecule has 1 aromatic rings. The number of benzene rings is 1. The highest BCUT2D eigenvalue weighted by Gasteiger charge is 2.40. The Labute approximate surface area is 113 Å². The van der Waals surface area contributed by atoms with Crippen molar-refractivity contribution in [2.45, 2.75) is 44.1 Å². The molecule has 18 heavy (non-hydrogen) atoms. The van der Waals surface area contributed by atoms with E-state index in [1.54, 1.807) is 0 Å². The van der Waals surface area contributed by atoms with Gasteiger partial charge in [-0.25, -0.2) is 0 Å². The second-order valence-corrected chi connectivity index (χ2v) is 6.00. The van der Waals surface area contributed by atoms with Gasteiger partial charge in [0.25, 0.3) is 0 Å². The molecular weight excluding hydrogens is 246 g/mol. The van der Waals surface area contributed by atoms with Crippen LogP contribution in [0.4, 0.5) is 0 Å². The molecule has 2 aliphatic rings. The van der Waals surface area contributed by atoms with Gasteiger partial charge in [-0.3, -0.25) is 4.79 Å². The number of carbonyl (C=O) groups is 1. The van der Waals surface area contributed by atoms with Crippen molar-refractivity contribution in [3.05, 3.63) is 34.9 Å². The summed E-state index contributed by atoms with van der Waals surface area (Å²) in [5.41, 5.74) is 1.01. The fraction of sp³-hybridized carbons (Fsp3) is 0.533. The number of hydrogen-bond acceptors (Lipinski definition) is 1. The quantitative estimate of drug-likeness (QED) is 0.886. The lowest BCUT2D eigenvalue weighted by atomic mass is 9.88. The van der Waals surface area contributed by atoms with Crippen molar-refractivity contribution < 1.29 is 4.79 Å². The van der Waals surface area contributed by atoms with Crippen molar-refractivity contribution >= 4 is 17.5 Å². The van der Waals surface area contributed by atoms with Crippen LogP contribution in [-0.4, -0.2) is 5.91 Å². The molecule has 0 unspecified atom stereocenters. The first kappa shape index (κ1) is 12.0. The third kappa shape index (κ3) is 2.26. The zero-order chi connectivity index (χ0) is 12.6. The van der Waals surface area contributed by atoms with Gasteiger partial charge < -0.3 is 5.32 Å². The molecule has 2 nitrogen and oxygen atoms in total. The second-order valence-electron chi connectivity index (χ2n) is 5.56. The summed E-state index contributed by atoms with van der Waals surface area (Å²) in [5.74, 6) is 0.499. The van der Waals surface area contributed by atoms with E-state index in [-0.39, 0.29) is 17.4 Å². The lowest BCUT2D eigenvalue weighted by Crippen LogP contribution is -2.44. The van der Waals surface area contributed by atoms with E-state index in [2.05, 4.69) is 11.4 Å². The fourth-order valence-electron chi connectivity index (χ4n) is 2.93. The Balaban J connectivity index is 1.88. The van der Waals surface area contributed by atoms with Crippen molar-refractivity contribution in [1.82, 2.24) is 5.32 Å². The van der Waals surface area contributed by atoms with Crippen LogP contribution in [0.15, 0.2) is 24.3 Å². The van der Waals surface area contributed by atoms with Gasteiger partial charge in [-0.2, -0.15) is 0 Å². The highest BCUT2D eigenvalue weighted by atomic mass is 35.5. The van der Waals surface area contributed by atoms with E-state index < -0.39 is 0 Å². The van der Waals surface area contributed by atoms with E-state index in [9.17, 15) is 4.79 Å². The van der Waals surface area contributed by atoms with Gasteiger partial charge in [-0.1, -0.05) is 36.6 Å². The maximum atomic E-state index is 12.1. The third-order valence-electron chi connectivity index (χ3n) is 4.14. The average Bonchev–Trinajstić information content (AvgIpc) is 3.11. The summed E-state index contributed by atoms with van der Waals surface area (Å²) < 4.78 is 0. The summed E-state index contributed by atoms with van der Waals surface area (Å²) in [5, 5.41) is 4.05. The topological polar surface area (TPSA) is 29.1 Å². The van der Waals surface area contributed by atoms with Gasteiger partial charge in [0.2, 0.25) is 5.91 Å². The number of carbonyl (C=O) groups excluding carboxylic acids is 1. The molecule has 1 N–H and O–H groups in total. The minimum Gasteiger partial charge on any atom is -0.346 e. The number of nitrogens with one attached hydrogen (secondary N) is 1. The molecule has 0 saturated heterocycles. The predicted molar refractivity (Wildman–Crippen MR) is 72.5 cm³/mol. The molecule has 0 aromatic heterocycles. The Hall–Kier alpha value is -1.02. The van der Waals surface area contributed by atoms with Crippen LogP contribution in [0.2, 0.25) is 5.02 Å². The van der Waals surface area contributed by atoms with E-state index in [4.69, 9.17) is 11.6 Å². The van der Waals surface area contributed by atoms with E-state index >= 15 is 0 Å². The Morgan fingerprint density at radius 2 is 2.00 bits per heavy atom. The zero-order valence-corrected chi connectivity index (χ0v) is 11.2. The lowest BCUT2D eigenvalue weighted by molar-refractivity contribution is -0.124. The number of halogens is 1. The van der Waals surface area contributed by atoms with Crippen LogP contribution >= 0.6 is 11.6 Å². The maximum absolute atomic E-state index is 12.1. The average molecular weight is 264 g/mol. The minimum absolute atomic E-state index is 0.162. The Kier molecular flexibility index (Phi) is 3.06. The number of hydrogen-bond donors (Lipinski definition) is 1. The molecule has 0 spiro atoms. The molecule has 96 valence electrons. The summed E-state index contributed by atoms with van der Waals surface area (Å²) >= 11 is 6.08. The van der Waals surface area contributed by atoms with Crippen molar-refractivity contribution in [3.8, 4) is 0 Å².